The van der Waals surface area contributed by atoms with Gasteiger partial charge in [-0.3, -0.25) is 0 Å². The number of carboxylic acid groups (broad SMARTS) is 1. The third kappa shape index (κ3) is 7.46. The Kier molecular flexibility index (Phi) is 8.08. The Labute approximate surface area is 160 Å². The number of allylic oxidation sites excluding steroid dienone is 1. The van der Waals surface area contributed by atoms with Crippen LogP contribution < -0.4 is 10.6 Å². The number of ether oxygens (including phenoxy) is 2. The second kappa shape index (κ2) is 9.59. The molecule has 9 heteroatoms. The largest absolute Gasteiger partial charge is 0.477 e. The van der Waals surface area contributed by atoms with Crippen molar-refractivity contribution in [1.29, 1.82) is 0 Å². The molecule has 2 amide bonds. The van der Waals surface area contributed by atoms with Gasteiger partial charge in [0.1, 0.15) is 17.3 Å². The van der Waals surface area contributed by atoms with Crippen molar-refractivity contribution >= 4 is 18.0 Å². The molecule has 0 bridgehead atoms. The number of nitrogens with zero attached hydrogens (tertiary/aromatic N) is 1. The summed E-state index contributed by atoms with van der Waals surface area (Å²) in [5.41, 5.74) is -0.481. The van der Waals surface area contributed by atoms with E-state index in [9.17, 15) is 19.5 Å². The van der Waals surface area contributed by atoms with Gasteiger partial charge < -0.3 is 30.1 Å². The molecule has 1 saturated heterocycles. The van der Waals surface area contributed by atoms with Crippen molar-refractivity contribution in [2.75, 3.05) is 26.3 Å². The Morgan fingerprint density at radius 1 is 1.15 bits per heavy atom. The summed E-state index contributed by atoms with van der Waals surface area (Å²) in [5.74, 6) is -1.88. The zero-order valence-corrected chi connectivity index (χ0v) is 16.9. The monoisotopic (exact) mass is 385 g/mol. The van der Waals surface area contributed by atoms with E-state index in [1.54, 1.807) is 39.5 Å². The lowest BCUT2D eigenvalue weighted by atomic mass is 10.0. The van der Waals surface area contributed by atoms with E-state index in [1.807, 2.05) is 0 Å². The number of amides is 2. The summed E-state index contributed by atoms with van der Waals surface area (Å²) in [6.45, 7) is 12.0. The first-order valence-electron chi connectivity index (χ1n) is 8.99. The number of hydrogen-bond acceptors (Lipinski definition) is 6. The average molecular weight is 385 g/mol. The third-order valence-electron chi connectivity index (χ3n) is 3.80. The maximum absolute atomic E-state index is 12.3. The van der Waals surface area contributed by atoms with Crippen LogP contribution in [-0.2, 0) is 19.1 Å². The molecule has 3 N–H and O–H groups in total. The summed E-state index contributed by atoms with van der Waals surface area (Å²) >= 11 is 0. The minimum absolute atomic E-state index is 0.00631. The Balaban J connectivity index is 2.86. The molecule has 0 aromatic carbocycles. The fourth-order valence-corrected chi connectivity index (χ4v) is 2.59. The third-order valence-corrected chi connectivity index (χ3v) is 3.80. The van der Waals surface area contributed by atoms with Crippen LogP contribution in [0.2, 0.25) is 0 Å². The van der Waals surface area contributed by atoms with Crippen LogP contribution in [0.25, 0.3) is 0 Å². The summed E-state index contributed by atoms with van der Waals surface area (Å²) in [5, 5.41) is 14.6. The number of hydrogen-bond donors (Lipinski definition) is 3. The van der Waals surface area contributed by atoms with Crippen LogP contribution in [0.5, 0.6) is 0 Å². The summed E-state index contributed by atoms with van der Waals surface area (Å²) in [4.78, 5) is 37.9. The van der Waals surface area contributed by atoms with Gasteiger partial charge in [0.15, 0.2) is 0 Å². The van der Waals surface area contributed by atoms with Gasteiger partial charge in [-0.25, -0.2) is 14.4 Å². The van der Waals surface area contributed by atoms with Crippen molar-refractivity contribution < 1.29 is 29.0 Å². The predicted molar refractivity (Wildman–Crippen MR) is 98.9 cm³/mol. The van der Waals surface area contributed by atoms with E-state index in [1.165, 1.54) is 6.92 Å². The van der Waals surface area contributed by atoms with Crippen LogP contribution in [0.15, 0.2) is 11.4 Å². The van der Waals surface area contributed by atoms with Crippen molar-refractivity contribution in [1.82, 2.24) is 15.5 Å². The van der Waals surface area contributed by atoms with Gasteiger partial charge in [-0.15, -0.1) is 0 Å². The van der Waals surface area contributed by atoms with E-state index in [0.29, 0.717) is 26.3 Å². The first-order chi connectivity index (χ1) is 12.4. The number of carbonyl (C=O) groups is 3. The van der Waals surface area contributed by atoms with Gasteiger partial charge in [0.25, 0.3) is 0 Å². The van der Waals surface area contributed by atoms with E-state index in [2.05, 4.69) is 10.6 Å². The number of esters is 1. The summed E-state index contributed by atoms with van der Waals surface area (Å²) in [7, 11) is 0. The molecular formula is C18H31N3O6. The number of urea groups is 1. The minimum atomic E-state index is -1.14. The maximum Gasteiger partial charge on any atom is 0.353 e. The number of nitrogens with one attached hydrogen (secondary N) is 2. The standard InChI is InChI=1S/C18H31N3O6/c1-11(2)13(16(24)27-18(4,5)6)20-17(25)19-12(3)14(15(22)23)21-7-9-26-10-8-21/h11,13H,7-10H2,1-6H3,(H,22,23)(H2,19,20,25)/b14-12+. The number of aliphatic carboxylic acids is 1. The topological polar surface area (TPSA) is 117 Å². The van der Waals surface area contributed by atoms with E-state index < -0.39 is 29.6 Å². The predicted octanol–water partition coefficient (Wildman–Crippen LogP) is 1.30. The minimum Gasteiger partial charge on any atom is -0.477 e. The highest BCUT2D eigenvalue weighted by atomic mass is 16.6. The Morgan fingerprint density at radius 2 is 1.70 bits per heavy atom. The van der Waals surface area contributed by atoms with Gasteiger partial charge in [-0.05, 0) is 33.6 Å². The van der Waals surface area contributed by atoms with Gasteiger partial charge >= 0.3 is 18.0 Å². The molecule has 1 fully saturated rings. The lowest BCUT2D eigenvalue weighted by molar-refractivity contribution is -0.158. The lowest BCUT2D eigenvalue weighted by Gasteiger charge is -2.30. The molecule has 1 atom stereocenters. The van der Waals surface area contributed by atoms with Gasteiger partial charge in [-0.2, -0.15) is 0 Å². The first kappa shape index (κ1) is 22.8. The second-order valence-corrected chi connectivity index (χ2v) is 7.73. The molecule has 0 aliphatic carbocycles. The van der Waals surface area contributed by atoms with Crippen LogP contribution in [0.3, 0.4) is 0 Å². The van der Waals surface area contributed by atoms with E-state index >= 15 is 0 Å². The van der Waals surface area contributed by atoms with Gasteiger partial charge in [0, 0.05) is 18.8 Å². The van der Waals surface area contributed by atoms with Crippen LogP contribution in [0.1, 0.15) is 41.5 Å². The Bertz CT molecular complexity index is 588. The molecule has 1 rings (SSSR count). The highest BCUT2D eigenvalue weighted by Gasteiger charge is 2.30. The van der Waals surface area contributed by atoms with Gasteiger partial charge in [0.05, 0.1) is 13.2 Å². The van der Waals surface area contributed by atoms with Crippen LogP contribution >= 0.6 is 0 Å². The fourth-order valence-electron chi connectivity index (χ4n) is 2.59. The normalized spacial score (nSPS) is 17.1. The number of carboxylic acids is 1. The second-order valence-electron chi connectivity index (χ2n) is 7.73. The van der Waals surface area contributed by atoms with Crippen molar-refractivity contribution in [2.24, 2.45) is 5.92 Å². The van der Waals surface area contributed by atoms with E-state index in [-0.39, 0.29) is 17.3 Å². The van der Waals surface area contributed by atoms with Crippen LogP contribution in [0, 0.1) is 5.92 Å². The summed E-state index contributed by atoms with van der Waals surface area (Å²) < 4.78 is 10.6. The number of morpholine rings is 1. The fraction of sp³-hybridized carbons (Fsp3) is 0.722. The van der Waals surface area contributed by atoms with Crippen molar-refractivity contribution in [3.63, 3.8) is 0 Å². The molecule has 1 heterocycles. The molecule has 1 aliphatic rings. The zero-order valence-electron chi connectivity index (χ0n) is 16.9. The van der Waals surface area contributed by atoms with Gasteiger partial charge in [0.2, 0.25) is 0 Å². The molecule has 0 aromatic heterocycles. The Morgan fingerprint density at radius 3 is 2.15 bits per heavy atom. The van der Waals surface area contributed by atoms with E-state index in [4.69, 9.17) is 9.47 Å². The molecule has 0 spiro atoms. The molecule has 1 aliphatic heterocycles. The summed E-state index contributed by atoms with van der Waals surface area (Å²) in [6, 6.07) is -1.52. The lowest BCUT2D eigenvalue weighted by Crippen LogP contribution is -2.50. The molecule has 9 nitrogen and oxygen atoms in total. The molecule has 154 valence electrons. The average Bonchev–Trinajstić information content (AvgIpc) is 2.51. The van der Waals surface area contributed by atoms with E-state index in [0.717, 1.165) is 0 Å². The Hall–Kier alpha value is -2.29. The molecule has 27 heavy (non-hydrogen) atoms. The highest BCUT2D eigenvalue weighted by Crippen LogP contribution is 2.14. The van der Waals surface area contributed by atoms with Crippen LogP contribution in [-0.4, -0.2) is 65.9 Å². The van der Waals surface area contributed by atoms with Crippen molar-refractivity contribution in [3.05, 3.63) is 11.4 Å². The van der Waals surface area contributed by atoms with Crippen molar-refractivity contribution in [3.8, 4) is 0 Å². The highest BCUT2D eigenvalue weighted by molar-refractivity contribution is 5.89. The molecule has 0 aromatic rings. The summed E-state index contributed by atoms with van der Waals surface area (Å²) in [6.07, 6.45) is 0. The van der Waals surface area contributed by atoms with Crippen molar-refractivity contribution in [2.45, 2.75) is 53.2 Å². The quantitative estimate of drug-likeness (QED) is 0.466. The van der Waals surface area contributed by atoms with Gasteiger partial charge in [-0.1, -0.05) is 13.8 Å². The van der Waals surface area contributed by atoms with Crippen LogP contribution in [0.4, 0.5) is 4.79 Å². The SMILES string of the molecule is C/C(NC(=O)NC(C(=O)OC(C)(C)C)C(C)C)=C(/C(=O)O)N1CCOCC1. The molecule has 0 saturated carbocycles. The molecule has 0 radical (unpaired) electrons. The molecule has 1 unspecified atom stereocenters. The smallest absolute Gasteiger partial charge is 0.353 e. The first-order valence-corrected chi connectivity index (χ1v) is 8.99. The number of rotatable bonds is 6. The zero-order chi connectivity index (χ0) is 20.8. The number of carbonyl (C=O) groups excluding carboxylic acids is 2. The molecular weight excluding hydrogens is 354 g/mol. The maximum atomic E-state index is 12.3.